The molecular formula is C23H45ClN2O. The van der Waals surface area contributed by atoms with Crippen molar-refractivity contribution in [2.24, 2.45) is 0 Å². The van der Waals surface area contributed by atoms with Gasteiger partial charge in [-0.2, -0.15) is 0 Å². The minimum Gasteiger partial charge on any atom is -1.00 e. The molecule has 1 unspecified atom stereocenters. The van der Waals surface area contributed by atoms with Crippen molar-refractivity contribution < 1.29 is 22.1 Å². The maximum Gasteiger partial charge on any atom is 0.245 e. The van der Waals surface area contributed by atoms with Gasteiger partial charge in [0.2, 0.25) is 6.33 Å². The Balaban J connectivity index is 0.00000676. The Morgan fingerprint density at radius 1 is 0.741 bits per heavy atom. The van der Waals surface area contributed by atoms with Crippen LogP contribution in [0.5, 0.6) is 0 Å². The molecule has 0 aliphatic rings. The van der Waals surface area contributed by atoms with Gasteiger partial charge in [0.1, 0.15) is 12.4 Å². The van der Waals surface area contributed by atoms with Gasteiger partial charge in [0, 0.05) is 6.42 Å². The van der Waals surface area contributed by atoms with Crippen LogP contribution >= 0.6 is 0 Å². The van der Waals surface area contributed by atoms with Crippen LogP contribution < -0.4 is 17.0 Å². The van der Waals surface area contributed by atoms with Crippen molar-refractivity contribution in [1.82, 2.24) is 4.57 Å². The van der Waals surface area contributed by atoms with Gasteiger partial charge in [-0.1, -0.05) is 90.9 Å². The predicted octanol–water partition coefficient (Wildman–Crippen LogP) is 3.55. The lowest BCUT2D eigenvalue weighted by molar-refractivity contribution is -0.697. The van der Waals surface area contributed by atoms with Crippen LogP contribution in [0.4, 0.5) is 0 Å². The lowest BCUT2D eigenvalue weighted by Crippen LogP contribution is -3.00. The summed E-state index contributed by atoms with van der Waals surface area (Å²) in [5, 5.41) is 9.98. The molecule has 0 amide bonds. The van der Waals surface area contributed by atoms with Gasteiger partial charge in [-0.3, -0.25) is 0 Å². The molecule has 4 heteroatoms. The minimum absolute atomic E-state index is 0. The third kappa shape index (κ3) is 14.2. The molecule has 0 radical (unpaired) electrons. The van der Waals surface area contributed by atoms with Crippen molar-refractivity contribution in [3.8, 4) is 0 Å². The maximum absolute atomic E-state index is 9.98. The fourth-order valence-corrected chi connectivity index (χ4v) is 3.62. The van der Waals surface area contributed by atoms with Gasteiger partial charge in [-0.05, 0) is 19.3 Å². The van der Waals surface area contributed by atoms with E-state index in [0.29, 0.717) is 0 Å². The summed E-state index contributed by atoms with van der Waals surface area (Å²) >= 11 is 0. The zero-order valence-corrected chi connectivity index (χ0v) is 18.8. The van der Waals surface area contributed by atoms with Crippen LogP contribution in [-0.4, -0.2) is 9.67 Å². The largest absolute Gasteiger partial charge is 1.00 e. The molecule has 1 rings (SSSR count). The van der Waals surface area contributed by atoms with Gasteiger partial charge in [-0.25, -0.2) is 9.13 Å². The Morgan fingerprint density at radius 2 is 1.22 bits per heavy atom. The van der Waals surface area contributed by atoms with Gasteiger partial charge in [0.25, 0.3) is 0 Å². The monoisotopic (exact) mass is 400 g/mol. The normalized spacial score (nSPS) is 12.1. The van der Waals surface area contributed by atoms with E-state index in [2.05, 4.69) is 24.6 Å². The van der Waals surface area contributed by atoms with Crippen molar-refractivity contribution >= 4 is 0 Å². The average molecular weight is 401 g/mol. The van der Waals surface area contributed by atoms with E-state index in [1.807, 2.05) is 17.1 Å². The van der Waals surface area contributed by atoms with Crippen molar-refractivity contribution in [2.45, 2.75) is 129 Å². The molecule has 1 heterocycles. The average Bonchev–Trinajstić information content (AvgIpc) is 3.11. The number of hydrogen-bond donors (Lipinski definition) is 1. The SMILES string of the molecule is CCCCCCCCCCCCCCCC[n+]1ccn(C(O)CCC)c1.[Cl-]. The van der Waals surface area contributed by atoms with Crippen LogP contribution in [-0.2, 0) is 6.54 Å². The van der Waals surface area contributed by atoms with Gasteiger partial charge in [-0.15, -0.1) is 0 Å². The topological polar surface area (TPSA) is 29.0 Å². The van der Waals surface area contributed by atoms with E-state index in [9.17, 15) is 5.11 Å². The van der Waals surface area contributed by atoms with Crippen LogP contribution in [0.15, 0.2) is 18.7 Å². The summed E-state index contributed by atoms with van der Waals surface area (Å²) in [6, 6.07) is 0. The van der Waals surface area contributed by atoms with Crippen molar-refractivity contribution in [3.05, 3.63) is 18.7 Å². The van der Waals surface area contributed by atoms with Crippen LogP contribution in [0.1, 0.15) is 123 Å². The highest BCUT2D eigenvalue weighted by molar-refractivity contribution is 4.69. The predicted molar refractivity (Wildman–Crippen MR) is 111 cm³/mol. The Bertz CT molecular complexity index is 422. The van der Waals surface area contributed by atoms with Crippen LogP contribution in [0.3, 0.4) is 0 Å². The second-order valence-corrected chi connectivity index (χ2v) is 7.96. The Morgan fingerprint density at radius 3 is 1.70 bits per heavy atom. The number of aromatic nitrogens is 2. The molecule has 0 bridgehead atoms. The summed E-state index contributed by atoms with van der Waals surface area (Å²) in [5.41, 5.74) is 0. The first-order chi connectivity index (χ1) is 12.8. The Kier molecular flexibility index (Phi) is 18.4. The number of rotatable bonds is 18. The van der Waals surface area contributed by atoms with Crippen LogP contribution in [0.2, 0.25) is 0 Å². The molecular weight excluding hydrogens is 356 g/mol. The molecule has 0 spiro atoms. The molecule has 0 aliphatic carbocycles. The minimum atomic E-state index is -0.363. The number of aliphatic hydroxyl groups excluding tert-OH is 1. The molecule has 0 saturated heterocycles. The van der Waals surface area contributed by atoms with Crippen molar-refractivity contribution in [3.63, 3.8) is 0 Å². The first-order valence-electron chi connectivity index (χ1n) is 11.5. The zero-order chi connectivity index (χ0) is 18.9. The number of aliphatic hydroxyl groups is 1. The number of unbranched alkanes of at least 4 members (excludes halogenated alkanes) is 13. The standard InChI is InChI=1S/C23H45N2O.ClH/c1-3-5-6-7-8-9-10-11-12-13-14-15-16-17-19-24-20-21-25(22-24)23(26)18-4-2;/h20-23,26H,3-19H2,1-2H3;1H/q+1;/p-1. The summed E-state index contributed by atoms with van der Waals surface area (Å²) in [6.45, 7) is 5.47. The molecule has 160 valence electrons. The molecule has 0 aliphatic heterocycles. The summed E-state index contributed by atoms with van der Waals surface area (Å²) in [5.74, 6) is 0. The van der Waals surface area contributed by atoms with E-state index >= 15 is 0 Å². The van der Waals surface area contributed by atoms with Crippen LogP contribution in [0.25, 0.3) is 0 Å². The third-order valence-electron chi connectivity index (χ3n) is 5.37. The Hall–Kier alpha value is -0.540. The highest BCUT2D eigenvalue weighted by Crippen LogP contribution is 2.13. The van der Waals surface area contributed by atoms with E-state index in [1.54, 1.807) is 0 Å². The lowest BCUT2D eigenvalue weighted by Gasteiger charge is -2.04. The molecule has 1 aromatic heterocycles. The number of hydrogen-bond acceptors (Lipinski definition) is 1. The smallest absolute Gasteiger partial charge is 0.245 e. The number of imidazole rings is 1. The summed E-state index contributed by atoms with van der Waals surface area (Å²) in [6.07, 6.45) is 27.3. The molecule has 27 heavy (non-hydrogen) atoms. The van der Waals surface area contributed by atoms with Crippen molar-refractivity contribution in [1.29, 1.82) is 0 Å². The van der Waals surface area contributed by atoms with Gasteiger partial charge in [0.05, 0.1) is 6.54 Å². The Labute approximate surface area is 175 Å². The maximum atomic E-state index is 9.98. The second kappa shape index (κ2) is 18.8. The van der Waals surface area contributed by atoms with Gasteiger partial charge >= 0.3 is 0 Å². The summed E-state index contributed by atoms with van der Waals surface area (Å²) < 4.78 is 4.13. The molecule has 3 nitrogen and oxygen atoms in total. The van der Waals surface area contributed by atoms with E-state index in [0.717, 1.165) is 19.4 Å². The number of nitrogens with zero attached hydrogens (tertiary/aromatic N) is 2. The lowest BCUT2D eigenvalue weighted by atomic mass is 10.0. The molecule has 1 atom stereocenters. The number of aryl methyl sites for hydroxylation is 1. The number of halogens is 1. The summed E-state index contributed by atoms with van der Waals surface area (Å²) in [7, 11) is 0. The third-order valence-corrected chi connectivity index (χ3v) is 5.37. The van der Waals surface area contributed by atoms with Crippen LogP contribution in [0, 0.1) is 0 Å². The fraction of sp³-hybridized carbons (Fsp3) is 0.870. The fourth-order valence-electron chi connectivity index (χ4n) is 3.62. The highest BCUT2D eigenvalue weighted by atomic mass is 35.5. The highest BCUT2D eigenvalue weighted by Gasteiger charge is 2.11. The first-order valence-corrected chi connectivity index (χ1v) is 11.5. The van der Waals surface area contributed by atoms with Gasteiger partial charge < -0.3 is 17.5 Å². The van der Waals surface area contributed by atoms with Crippen molar-refractivity contribution in [2.75, 3.05) is 0 Å². The summed E-state index contributed by atoms with van der Waals surface area (Å²) in [4.78, 5) is 0. The van der Waals surface area contributed by atoms with Gasteiger partial charge in [0.15, 0.2) is 6.23 Å². The molecule has 1 aromatic rings. The van der Waals surface area contributed by atoms with E-state index in [4.69, 9.17) is 0 Å². The zero-order valence-electron chi connectivity index (χ0n) is 18.0. The van der Waals surface area contributed by atoms with E-state index in [-0.39, 0.29) is 18.6 Å². The first kappa shape index (κ1) is 26.5. The molecule has 0 fully saturated rings. The quantitative estimate of drug-likeness (QED) is 0.296. The molecule has 0 aromatic carbocycles. The van der Waals surface area contributed by atoms with E-state index < -0.39 is 0 Å². The van der Waals surface area contributed by atoms with E-state index in [1.165, 1.54) is 89.9 Å². The molecule has 0 saturated carbocycles. The second-order valence-electron chi connectivity index (χ2n) is 7.96. The molecule has 1 N–H and O–H groups in total.